The van der Waals surface area contributed by atoms with Gasteiger partial charge in [-0.05, 0) is 31.9 Å². The fraction of sp³-hybridized carbons (Fsp3) is 0.368. The fourth-order valence-corrected chi connectivity index (χ4v) is 5.02. The van der Waals surface area contributed by atoms with Gasteiger partial charge in [0, 0.05) is 17.7 Å². The Labute approximate surface area is 164 Å². The summed E-state index contributed by atoms with van der Waals surface area (Å²) >= 11 is 6.44. The number of aryl methyl sites for hydroxylation is 2. The van der Waals surface area contributed by atoms with Gasteiger partial charge in [-0.1, -0.05) is 41.4 Å². The standard InChI is InChI=1S/C19H22ClN3O3S/c1-13-3-5-15(6-4-13)11-23-19(20)17(14(2)22-23)7-8-18(24)21-16-9-10-27(25,26)12-16/h3-8,16H,9-12H2,1-2H3,(H,21,24)/b8-7+. The van der Waals surface area contributed by atoms with E-state index in [2.05, 4.69) is 10.4 Å². The molecule has 1 aliphatic rings. The average Bonchev–Trinajstić information content (AvgIpc) is 3.07. The van der Waals surface area contributed by atoms with E-state index in [-0.39, 0.29) is 23.5 Å². The predicted molar refractivity (Wildman–Crippen MR) is 106 cm³/mol. The van der Waals surface area contributed by atoms with Crippen LogP contribution in [0, 0.1) is 13.8 Å². The molecule has 1 aromatic heterocycles. The maximum absolute atomic E-state index is 12.1. The number of carbonyl (C=O) groups excluding carboxylic acids is 1. The maximum atomic E-state index is 12.1. The molecular weight excluding hydrogens is 386 g/mol. The minimum absolute atomic E-state index is 0.000840. The highest BCUT2D eigenvalue weighted by molar-refractivity contribution is 7.91. The molecule has 1 fully saturated rings. The van der Waals surface area contributed by atoms with Crippen LogP contribution < -0.4 is 5.32 Å². The fourth-order valence-electron chi connectivity index (χ4n) is 3.04. The van der Waals surface area contributed by atoms with Crippen LogP contribution in [-0.4, -0.2) is 41.7 Å². The van der Waals surface area contributed by atoms with Crippen molar-refractivity contribution in [3.8, 4) is 0 Å². The van der Waals surface area contributed by atoms with Gasteiger partial charge in [0.05, 0.1) is 23.7 Å². The van der Waals surface area contributed by atoms with Gasteiger partial charge < -0.3 is 5.32 Å². The number of aromatic nitrogens is 2. The van der Waals surface area contributed by atoms with Crippen molar-refractivity contribution in [1.29, 1.82) is 0 Å². The van der Waals surface area contributed by atoms with E-state index in [1.54, 1.807) is 10.8 Å². The summed E-state index contributed by atoms with van der Waals surface area (Å²) in [6.45, 7) is 4.41. The van der Waals surface area contributed by atoms with Gasteiger partial charge in [0.2, 0.25) is 5.91 Å². The molecule has 8 heteroatoms. The number of hydrogen-bond acceptors (Lipinski definition) is 4. The van der Waals surface area contributed by atoms with Crippen LogP contribution in [0.5, 0.6) is 0 Å². The zero-order valence-electron chi connectivity index (χ0n) is 15.3. The summed E-state index contributed by atoms with van der Waals surface area (Å²) in [6.07, 6.45) is 3.45. The van der Waals surface area contributed by atoms with E-state index in [4.69, 9.17) is 11.6 Å². The Hall–Kier alpha value is -2.12. The van der Waals surface area contributed by atoms with Crippen molar-refractivity contribution in [3.05, 3.63) is 57.9 Å². The van der Waals surface area contributed by atoms with Crippen LogP contribution in [0.3, 0.4) is 0 Å². The van der Waals surface area contributed by atoms with Crippen LogP contribution >= 0.6 is 11.6 Å². The van der Waals surface area contributed by atoms with Gasteiger partial charge in [0.25, 0.3) is 0 Å². The quantitative estimate of drug-likeness (QED) is 0.772. The largest absolute Gasteiger partial charge is 0.349 e. The van der Waals surface area contributed by atoms with Crippen molar-refractivity contribution in [2.75, 3.05) is 11.5 Å². The summed E-state index contributed by atoms with van der Waals surface area (Å²) in [5, 5.41) is 7.63. The number of nitrogens with zero attached hydrogens (tertiary/aromatic N) is 2. The molecular formula is C19H22ClN3O3S. The van der Waals surface area contributed by atoms with Crippen LogP contribution in [0.4, 0.5) is 0 Å². The Bertz CT molecular complexity index is 978. The second-order valence-corrected chi connectivity index (χ2v) is 9.46. The molecule has 144 valence electrons. The third kappa shape index (κ3) is 4.99. The average molecular weight is 408 g/mol. The normalized spacial score (nSPS) is 18.9. The van der Waals surface area contributed by atoms with E-state index in [0.29, 0.717) is 23.7 Å². The van der Waals surface area contributed by atoms with Gasteiger partial charge >= 0.3 is 0 Å². The number of benzene rings is 1. The highest BCUT2D eigenvalue weighted by atomic mass is 35.5. The molecule has 3 rings (SSSR count). The number of amides is 1. The number of carbonyl (C=O) groups is 1. The third-order valence-corrected chi connectivity index (χ3v) is 6.71. The van der Waals surface area contributed by atoms with E-state index in [1.807, 2.05) is 38.1 Å². The number of nitrogens with one attached hydrogen (secondary N) is 1. The molecule has 0 radical (unpaired) electrons. The van der Waals surface area contributed by atoms with E-state index >= 15 is 0 Å². The molecule has 27 heavy (non-hydrogen) atoms. The van der Waals surface area contributed by atoms with Crippen LogP contribution in [-0.2, 0) is 21.2 Å². The molecule has 1 N–H and O–H groups in total. The van der Waals surface area contributed by atoms with Crippen LogP contribution in [0.15, 0.2) is 30.3 Å². The first kappa shape index (κ1) is 19.6. The van der Waals surface area contributed by atoms with E-state index < -0.39 is 9.84 Å². The molecule has 1 aliphatic heterocycles. The zero-order valence-corrected chi connectivity index (χ0v) is 16.8. The Morgan fingerprint density at radius 3 is 2.67 bits per heavy atom. The molecule has 6 nitrogen and oxygen atoms in total. The second-order valence-electron chi connectivity index (χ2n) is 6.88. The number of rotatable bonds is 5. The lowest BCUT2D eigenvalue weighted by molar-refractivity contribution is -0.116. The molecule has 2 heterocycles. The summed E-state index contributed by atoms with van der Waals surface area (Å²) in [4.78, 5) is 12.1. The topological polar surface area (TPSA) is 81.1 Å². The Morgan fingerprint density at radius 2 is 2.04 bits per heavy atom. The zero-order chi connectivity index (χ0) is 19.6. The van der Waals surface area contributed by atoms with Crippen molar-refractivity contribution >= 4 is 33.4 Å². The van der Waals surface area contributed by atoms with E-state index in [1.165, 1.54) is 11.6 Å². The molecule has 0 spiro atoms. The highest BCUT2D eigenvalue weighted by Crippen LogP contribution is 2.22. The lowest BCUT2D eigenvalue weighted by Crippen LogP contribution is -2.34. The lowest BCUT2D eigenvalue weighted by Gasteiger charge is -2.07. The third-order valence-electron chi connectivity index (χ3n) is 4.54. The first-order chi connectivity index (χ1) is 12.7. The van der Waals surface area contributed by atoms with Crippen LogP contribution in [0.25, 0.3) is 6.08 Å². The van der Waals surface area contributed by atoms with Gasteiger partial charge in [-0.2, -0.15) is 5.10 Å². The summed E-state index contributed by atoms with van der Waals surface area (Å²) in [6, 6.07) is 7.80. The van der Waals surface area contributed by atoms with Crippen LogP contribution in [0.2, 0.25) is 5.15 Å². The van der Waals surface area contributed by atoms with Gasteiger partial charge in [-0.15, -0.1) is 0 Å². The number of hydrogen-bond donors (Lipinski definition) is 1. The smallest absolute Gasteiger partial charge is 0.244 e. The van der Waals surface area contributed by atoms with Crippen molar-refractivity contribution in [2.45, 2.75) is 32.9 Å². The van der Waals surface area contributed by atoms with Crippen molar-refractivity contribution in [1.82, 2.24) is 15.1 Å². The summed E-state index contributed by atoms with van der Waals surface area (Å²) in [5.41, 5.74) is 3.67. The Morgan fingerprint density at radius 1 is 1.33 bits per heavy atom. The van der Waals surface area contributed by atoms with Crippen LogP contribution in [0.1, 0.15) is 28.8 Å². The second kappa shape index (κ2) is 7.86. The molecule has 1 unspecified atom stereocenters. The molecule has 1 saturated heterocycles. The molecule has 1 aromatic carbocycles. The predicted octanol–water partition coefficient (Wildman–Crippen LogP) is 2.52. The molecule has 0 bridgehead atoms. The van der Waals surface area contributed by atoms with E-state index in [0.717, 1.165) is 11.3 Å². The monoisotopic (exact) mass is 407 g/mol. The van der Waals surface area contributed by atoms with Gasteiger partial charge in [-0.25, -0.2) is 13.1 Å². The van der Waals surface area contributed by atoms with E-state index in [9.17, 15) is 13.2 Å². The highest BCUT2D eigenvalue weighted by Gasteiger charge is 2.28. The minimum Gasteiger partial charge on any atom is -0.349 e. The molecule has 0 saturated carbocycles. The number of sulfone groups is 1. The molecule has 1 amide bonds. The van der Waals surface area contributed by atoms with Gasteiger partial charge in [-0.3, -0.25) is 4.79 Å². The first-order valence-corrected chi connectivity index (χ1v) is 10.9. The number of halogens is 1. The van der Waals surface area contributed by atoms with Crippen molar-refractivity contribution in [3.63, 3.8) is 0 Å². The van der Waals surface area contributed by atoms with Gasteiger partial charge in [0.1, 0.15) is 5.15 Å². The lowest BCUT2D eigenvalue weighted by atomic mass is 10.1. The summed E-state index contributed by atoms with van der Waals surface area (Å²) in [5.74, 6) is -0.210. The summed E-state index contributed by atoms with van der Waals surface area (Å²) < 4.78 is 24.6. The molecule has 2 aromatic rings. The Kier molecular flexibility index (Phi) is 5.72. The minimum atomic E-state index is -3.02. The Balaban J connectivity index is 1.68. The first-order valence-electron chi connectivity index (χ1n) is 8.71. The van der Waals surface area contributed by atoms with Crippen molar-refractivity contribution in [2.24, 2.45) is 0 Å². The molecule has 0 aliphatic carbocycles. The van der Waals surface area contributed by atoms with Crippen molar-refractivity contribution < 1.29 is 13.2 Å². The summed E-state index contributed by atoms with van der Waals surface area (Å²) in [7, 11) is -3.02. The molecule has 1 atom stereocenters. The maximum Gasteiger partial charge on any atom is 0.244 e. The SMILES string of the molecule is Cc1ccc(Cn2nc(C)c(/C=C/C(=O)NC3CCS(=O)(=O)C3)c2Cl)cc1. The van der Waals surface area contributed by atoms with Gasteiger partial charge in [0.15, 0.2) is 9.84 Å².